The van der Waals surface area contributed by atoms with E-state index in [9.17, 15) is 0 Å². The predicted molar refractivity (Wildman–Crippen MR) is 67.6 cm³/mol. The first-order valence-corrected chi connectivity index (χ1v) is 6.50. The number of hydrogen-bond donors (Lipinski definition) is 1. The average molecular weight is 237 g/mol. The maximum Gasteiger partial charge on any atom is 0.133 e. The minimum Gasteiger partial charge on any atom is -0.467 e. The molecule has 2 N–H and O–H groups in total. The molecule has 1 fully saturated rings. The van der Waals surface area contributed by atoms with E-state index < -0.39 is 0 Å². The predicted octanol–water partition coefficient (Wildman–Crippen LogP) is 3.26. The maximum atomic E-state index is 6.06. The molecule has 0 spiro atoms. The van der Waals surface area contributed by atoms with E-state index in [2.05, 4.69) is 13.8 Å². The minimum atomic E-state index is -0.0868. The molecular formula is C14H23NO2. The van der Waals surface area contributed by atoms with Crippen LogP contribution in [0.4, 0.5) is 0 Å². The molecule has 17 heavy (non-hydrogen) atoms. The van der Waals surface area contributed by atoms with Crippen LogP contribution in [0.3, 0.4) is 0 Å². The molecule has 0 bridgehead atoms. The lowest BCUT2D eigenvalue weighted by Gasteiger charge is -2.35. The standard InChI is InChI=1S/C14H23NO2/c1-14(2)7-5-11(6-8-14)17-13(10-15)12-4-3-9-16-12/h3-4,9,11,13H,5-8,10,15H2,1-2H3. The summed E-state index contributed by atoms with van der Waals surface area (Å²) in [5.74, 6) is 0.845. The fourth-order valence-electron chi connectivity index (χ4n) is 2.45. The van der Waals surface area contributed by atoms with E-state index in [-0.39, 0.29) is 6.10 Å². The fourth-order valence-corrected chi connectivity index (χ4v) is 2.45. The van der Waals surface area contributed by atoms with Gasteiger partial charge in [-0.05, 0) is 43.2 Å². The molecule has 3 nitrogen and oxygen atoms in total. The summed E-state index contributed by atoms with van der Waals surface area (Å²) < 4.78 is 11.4. The summed E-state index contributed by atoms with van der Waals surface area (Å²) in [4.78, 5) is 0. The highest BCUT2D eigenvalue weighted by Gasteiger charge is 2.29. The lowest BCUT2D eigenvalue weighted by atomic mass is 9.76. The molecule has 96 valence electrons. The lowest BCUT2D eigenvalue weighted by molar-refractivity contribution is -0.0507. The van der Waals surface area contributed by atoms with Crippen LogP contribution in [0.5, 0.6) is 0 Å². The second-order valence-corrected chi connectivity index (χ2v) is 5.74. The maximum absolute atomic E-state index is 6.06. The van der Waals surface area contributed by atoms with E-state index >= 15 is 0 Å². The van der Waals surface area contributed by atoms with Gasteiger partial charge < -0.3 is 14.9 Å². The van der Waals surface area contributed by atoms with Gasteiger partial charge in [0, 0.05) is 6.54 Å². The zero-order valence-electron chi connectivity index (χ0n) is 10.8. The van der Waals surface area contributed by atoms with Gasteiger partial charge in [0.05, 0.1) is 12.4 Å². The van der Waals surface area contributed by atoms with Crippen LogP contribution in [-0.4, -0.2) is 12.6 Å². The van der Waals surface area contributed by atoms with Crippen LogP contribution in [0.1, 0.15) is 51.4 Å². The van der Waals surface area contributed by atoms with Gasteiger partial charge in [-0.15, -0.1) is 0 Å². The molecule has 0 aliphatic heterocycles. The molecule has 2 rings (SSSR count). The lowest BCUT2D eigenvalue weighted by Crippen LogP contribution is -2.29. The number of nitrogens with two attached hydrogens (primary N) is 1. The van der Waals surface area contributed by atoms with E-state index in [1.165, 1.54) is 12.8 Å². The molecule has 1 atom stereocenters. The zero-order chi connectivity index (χ0) is 12.3. The van der Waals surface area contributed by atoms with Crippen molar-refractivity contribution in [3.05, 3.63) is 24.2 Å². The van der Waals surface area contributed by atoms with Crippen molar-refractivity contribution in [2.45, 2.75) is 51.7 Å². The molecule has 1 aliphatic rings. The third-order valence-electron chi connectivity index (χ3n) is 3.72. The highest BCUT2D eigenvalue weighted by atomic mass is 16.5. The van der Waals surface area contributed by atoms with Crippen molar-refractivity contribution in [1.82, 2.24) is 0 Å². The van der Waals surface area contributed by atoms with Crippen LogP contribution in [-0.2, 0) is 4.74 Å². The van der Waals surface area contributed by atoms with Gasteiger partial charge in [-0.1, -0.05) is 13.8 Å². The fraction of sp³-hybridized carbons (Fsp3) is 0.714. The molecule has 1 saturated carbocycles. The molecule has 1 aromatic rings. The van der Waals surface area contributed by atoms with Crippen LogP contribution in [0, 0.1) is 5.41 Å². The highest BCUT2D eigenvalue weighted by Crippen LogP contribution is 2.37. The van der Waals surface area contributed by atoms with Gasteiger partial charge in [0.25, 0.3) is 0 Å². The smallest absolute Gasteiger partial charge is 0.133 e. The second-order valence-electron chi connectivity index (χ2n) is 5.74. The number of hydrogen-bond acceptors (Lipinski definition) is 3. The summed E-state index contributed by atoms with van der Waals surface area (Å²) in [6, 6.07) is 3.82. The van der Waals surface area contributed by atoms with Crippen LogP contribution >= 0.6 is 0 Å². The SMILES string of the molecule is CC1(C)CCC(OC(CN)c2ccco2)CC1. The van der Waals surface area contributed by atoms with Crippen molar-refractivity contribution in [1.29, 1.82) is 0 Å². The van der Waals surface area contributed by atoms with E-state index in [0.717, 1.165) is 18.6 Å². The Labute approximate surface area is 103 Å². The van der Waals surface area contributed by atoms with E-state index in [0.29, 0.717) is 18.1 Å². The normalized spacial score (nSPS) is 22.5. The Kier molecular flexibility index (Phi) is 3.89. The number of ether oxygens (including phenoxy) is 1. The first-order valence-electron chi connectivity index (χ1n) is 6.50. The second kappa shape index (κ2) is 5.23. The third-order valence-corrected chi connectivity index (χ3v) is 3.72. The zero-order valence-corrected chi connectivity index (χ0v) is 10.8. The summed E-state index contributed by atoms with van der Waals surface area (Å²) in [5.41, 5.74) is 6.22. The summed E-state index contributed by atoms with van der Waals surface area (Å²) in [6.07, 6.45) is 6.64. The number of rotatable bonds is 4. The van der Waals surface area contributed by atoms with Crippen LogP contribution in [0.15, 0.2) is 22.8 Å². The Morgan fingerprint density at radius 1 is 1.47 bits per heavy atom. The summed E-state index contributed by atoms with van der Waals surface area (Å²) in [6.45, 7) is 5.14. The van der Waals surface area contributed by atoms with Crippen molar-refractivity contribution in [3.8, 4) is 0 Å². The van der Waals surface area contributed by atoms with Crippen molar-refractivity contribution in [2.24, 2.45) is 11.1 Å². The molecule has 1 heterocycles. The Balaban J connectivity index is 1.88. The first kappa shape index (κ1) is 12.7. The van der Waals surface area contributed by atoms with Gasteiger partial charge in [0.1, 0.15) is 11.9 Å². The Bertz CT molecular complexity index is 322. The van der Waals surface area contributed by atoms with Gasteiger partial charge in [-0.25, -0.2) is 0 Å². The molecule has 0 aromatic carbocycles. The molecule has 0 amide bonds. The van der Waals surface area contributed by atoms with Gasteiger partial charge in [0.2, 0.25) is 0 Å². The number of furan rings is 1. The van der Waals surface area contributed by atoms with Crippen molar-refractivity contribution in [2.75, 3.05) is 6.54 Å². The van der Waals surface area contributed by atoms with Crippen LogP contribution in [0.25, 0.3) is 0 Å². The topological polar surface area (TPSA) is 48.4 Å². The summed E-state index contributed by atoms with van der Waals surface area (Å²) in [7, 11) is 0. The third kappa shape index (κ3) is 3.33. The minimum absolute atomic E-state index is 0.0868. The van der Waals surface area contributed by atoms with Crippen LogP contribution in [0.2, 0.25) is 0 Å². The Morgan fingerprint density at radius 2 is 2.18 bits per heavy atom. The van der Waals surface area contributed by atoms with E-state index in [4.69, 9.17) is 14.9 Å². The van der Waals surface area contributed by atoms with Crippen molar-refractivity contribution < 1.29 is 9.15 Å². The molecule has 1 aliphatic carbocycles. The summed E-state index contributed by atoms with van der Waals surface area (Å²) >= 11 is 0. The Morgan fingerprint density at radius 3 is 2.71 bits per heavy atom. The first-order chi connectivity index (χ1) is 8.11. The van der Waals surface area contributed by atoms with E-state index in [1.807, 2.05) is 12.1 Å². The van der Waals surface area contributed by atoms with E-state index in [1.54, 1.807) is 6.26 Å². The molecular weight excluding hydrogens is 214 g/mol. The summed E-state index contributed by atoms with van der Waals surface area (Å²) in [5, 5.41) is 0. The van der Waals surface area contributed by atoms with Crippen molar-refractivity contribution >= 4 is 0 Å². The molecule has 0 saturated heterocycles. The van der Waals surface area contributed by atoms with Gasteiger partial charge >= 0.3 is 0 Å². The molecule has 0 radical (unpaired) electrons. The monoisotopic (exact) mass is 237 g/mol. The largest absolute Gasteiger partial charge is 0.467 e. The van der Waals surface area contributed by atoms with Gasteiger partial charge in [-0.2, -0.15) is 0 Å². The van der Waals surface area contributed by atoms with Crippen molar-refractivity contribution in [3.63, 3.8) is 0 Å². The van der Waals surface area contributed by atoms with Crippen LogP contribution < -0.4 is 5.73 Å². The molecule has 1 aromatic heterocycles. The average Bonchev–Trinajstić information content (AvgIpc) is 2.81. The Hall–Kier alpha value is -0.800. The highest BCUT2D eigenvalue weighted by molar-refractivity contribution is 5.03. The molecule has 3 heteroatoms. The quantitative estimate of drug-likeness (QED) is 0.874. The molecule has 1 unspecified atom stereocenters. The van der Waals surface area contributed by atoms with Gasteiger partial charge in [-0.3, -0.25) is 0 Å². The van der Waals surface area contributed by atoms with Gasteiger partial charge in [0.15, 0.2) is 0 Å².